The van der Waals surface area contributed by atoms with Gasteiger partial charge in [0.15, 0.2) is 0 Å². The van der Waals surface area contributed by atoms with Crippen molar-refractivity contribution in [2.24, 2.45) is 0 Å². The molecule has 1 aromatic carbocycles. The third kappa shape index (κ3) is 6.39. The monoisotopic (exact) mass is 450 g/mol. The first-order valence-corrected chi connectivity index (χ1v) is 10.6. The number of benzene rings is 1. The molecule has 0 spiro atoms. The maximum Gasteiger partial charge on any atom is 0.241 e. The number of amides is 1. The summed E-state index contributed by atoms with van der Waals surface area (Å²) in [6.07, 6.45) is 7.91. The molecule has 0 saturated heterocycles. The zero-order chi connectivity index (χ0) is 16.7. The number of halogens is 1. The number of sulfonamides is 1. The molecule has 0 heterocycles. The van der Waals surface area contributed by atoms with E-state index in [0.29, 0.717) is 0 Å². The van der Waals surface area contributed by atoms with Gasteiger partial charge in [-0.15, -0.1) is 0 Å². The molecule has 0 radical (unpaired) electrons. The Morgan fingerprint density at radius 1 is 1.04 bits per heavy atom. The van der Waals surface area contributed by atoms with E-state index >= 15 is 0 Å². The van der Waals surface area contributed by atoms with Gasteiger partial charge in [0.05, 0.1) is 11.4 Å². The standard InChI is InChI=1S/C16H23IN2O3S/c17-13-8-10-15(11-9-13)23(21,22)18-12-16(20)19-14-6-4-2-1-3-5-7-14/h8-11,14,18H,1-7,12H2,(H,19,20). The van der Waals surface area contributed by atoms with Gasteiger partial charge in [-0.25, -0.2) is 13.1 Å². The second kappa shape index (κ2) is 8.98. The molecule has 0 aromatic heterocycles. The van der Waals surface area contributed by atoms with Crippen LogP contribution < -0.4 is 10.0 Å². The van der Waals surface area contributed by atoms with Crippen LogP contribution in [0.3, 0.4) is 0 Å². The molecule has 1 amide bonds. The lowest BCUT2D eigenvalue weighted by atomic mass is 9.97. The highest BCUT2D eigenvalue weighted by atomic mass is 127. The van der Waals surface area contributed by atoms with Crippen molar-refractivity contribution in [2.75, 3.05) is 6.54 Å². The first kappa shape index (κ1) is 18.7. The van der Waals surface area contributed by atoms with Crippen molar-refractivity contribution in [1.29, 1.82) is 0 Å². The molecular formula is C16H23IN2O3S. The third-order valence-corrected chi connectivity index (χ3v) is 6.15. The fourth-order valence-electron chi connectivity index (χ4n) is 2.74. The molecule has 0 bridgehead atoms. The van der Waals surface area contributed by atoms with Gasteiger partial charge in [-0.1, -0.05) is 32.1 Å². The van der Waals surface area contributed by atoms with E-state index in [2.05, 4.69) is 32.6 Å². The summed E-state index contributed by atoms with van der Waals surface area (Å²) in [5, 5.41) is 2.95. The minimum atomic E-state index is -3.64. The van der Waals surface area contributed by atoms with Crippen LogP contribution in [0, 0.1) is 3.57 Å². The zero-order valence-electron chi connectivity index (χ0n) is 13.1. The molecule has 1 aliphatic carbocycles. The fraction of sp³-hybridized carbons (Fsp3) is 0.562. The van der Waals surface area contributed by atoms with Crippen molar-refractivity contribution < 1.29 is 13.2 Å². The van der Waals surface area contributed by atoms with Crippen LogP contribution in [0.5, 0.6) is 0 Å². The van der Waals surface area contributed by atoms with Gasteiger partial charge in [0.1, 0.15) is 0 Å². The summed E-state index contributed by atoms with van der Waals surface area (Å²) < 4.78 is 27.6. The summed E-state index contributed by atoms with van der Waals surface area (Å²) >= 11 is 2.11. The number of rotatable bonds is 5. The van der Waals surface area contributed by atoms with Crippen LogP contribution in [0.15, 0.2) is 29.2 Å². The lowest BCUT2D eigenvalue weighted by Crippen LogP contribution is -2.42. The molecule has 2 N–H and O–H groups in total. The van der Waals surface area contributed by atoms with Crippen LogP contribution in [0.1, 0.15) is 44.9 Å². The molecule has 23 heavy (non-hydrogen) atoms. The lowest BCUT2D eigenvalue weighted by Gasteiger charge is -2.21. The highest BCUT2D eigenvalue weighted by Crippen LogP contribution is 2.17. The SMILES string of the molecule is O=C(CNS(=O)(=O)c1ccc(I)cc1)NC1CCCCCCC1. The molecule has 1 aromatic rings. The first-order valence-electron chi connectivity index (χ1n) is 8.02. The molecule has 5 nitrogen and oxygen atoms in total. The van der Waals surface area contributed by atoms with Crippen LogP contribution in [-0.2, 0) is 14.8 Å². The van der Waals surface area contributed by atoms with E-state index in [1.807, 2.05) is 0 Å². The van der Waals surface area contributed by atoms with Crippen molar-refractivity contribution in [3.05, 3.63) is 27.8 Å². The quantitative estimate of drug-likeness (QED) is 0.678. The summed E-state index contributed by atoms with van der Waals surface area (Å²) in [4.78, 5) is 12.2. The third-order valence-electron chi connectivity index (χ3n) is 4.02. The Kier molecular flexibility index (Phi) is 7.29. The van der Waals surface area contributed by atoms with Crippen molar-refractivity contribution in [2.45, 2.75) is 55.9 Å². The first-order chi connectivity index (χ1) is 11.0. The van der Waals surface area contributed by atoms with Crippen molar-refractivity contribution >= 4 is 38.5 Å². The molecule has 1 saturated carbocycles. The molecule has 128 valence electrons. The lowest BCUT2D eigenvalue weighted by molar-refractivity contribution is -0.120. The van der Waals surface area contributed by atoms with Gasteiger partial charge in [0, 0.05) is 9.61 Å². The summed E-state index contributed by atoms with van der Waals surface area (Å²) in [6, 6.07) is 6.70. The van der Waals surface area contributed by atoms with E-state index in [-0.39, 0.29) is 23.4 Å². The summed E-state index contributed by atoms with van der Waals surface area (Å²) in [6.45, 7) is -0.217. The van der Waals surface area contributed by atoms with Crippen LogP contribution in [-0.4, -0.2) is 26.9 Å². The minimum absolute atomic E-state index is 0.172. The summed E-state index contributed by atoms with van der Waals surface area (Å²) in [7, 11) is -3.64. The smallest absolute Gasteiger partial charge is 0.241 e. The maximum absolute atomic E-state index is 12.1. The van der Waals surface area contributed by atoms with Gasteiger partial charge < -0.3 is 5.32 Å². The average molecular weight is 450 g/mol. The molecule has 1 aliphatic rings. The molecule has 0 unspecified atom stereocenters. The molecule has 1 fully saturated rings. The predicted molar refractivity (Wildman–Crippen MR) is 98.6 cm³/mol. The van der Waals surface area contributed by atoms with Gasteiger partial charge in [-0.05, 0) is 59.7 Å². The van der Waals surface area contributed by atoms with Crippen LogP contribution in [0.25, 0.3) is 0 Å². The molecular weight excluding hydrogens is 427 g/mol. The average Bonchev–Trinajstić information content (AvgIpc) is 2.48. The Hall–Kier alpha value is -0.670. The fourth-order valence-corrected chi connectivity index (χ4v) is 4.08. The predicted octanol–water partition coefficient (Wildman–Crippen LogP) is 2.80. The van der Waals surface area contributed by atoms with Crippen LogP contribution in [0.2, 0.25) is 0 Å². The van der Waals surface area contributed by atoms with Gasteiger partial charge in [0.2, 0.25) is 15.9 Å². The van der Waals surface area contributed by atoms with Gasteiger partial charge in [-0.3, -0.25) is 4.79 Å². The van der Waals surface area contributed by atoms with Crippen molar-refractivity contribution in [3.63, 3.8) is 0 Å². The van der Waals surface area contributed by atoms with Gasteiger partial charge >= 0.3 is 0 Å². The highest BCUT2D eigenvalue weighted by Gasteiger charge is 2.18. The molecule has 7 heteroatoms. The van der Waals surface area contributed by atoms with Gasteiger partial charge in [-0.2, -0.15) is 0 Å². The normalized spacial score (nSPS) is 17.3. The van der Waals surface area contributed by atoms with E-state index in [4.69, 9.17) is 0 Å². The van der Waals surface area contributed by atoms with Crippen molar-refractivity contribution in [3.8, 4) is 0 Å². The Bertz CT molecular complexity index is 609. The Morgan fingerprint density at radius 2 is 1.61 bits per heavy atom. The minimum Gasteiger partial charge on any atom is -0.352 e. The van der Waals surface area contributed by atoms with E-state index in [9.17, 15) is 13.2 Å². The van der Waals surface area contributed by atoms with Crippen LogP contribution >= 0.6 is 22.6 Å². The van der Waals surface area contributed by atoms with E-state index in [1.54, 1.807) is 12.1 Å². The summed E-state index contributed by atoms with van der Waals surface area (Å²) in [5.74, 6) is -0.260. The van der Waals surface area contributed by atoms with E-state index < -0.39 is 10.0 Å². The topological polar surface area (TPSA) is 75.3 Å². The van der Waals surface area contributed by atoms with E-state index in [0.717, 1.165) is 29.3 Å². The van der Waals surface area contributed by atoms with Gasteiger partial charge in [0.25, 0.3) is 0 Å². The number of hydrogen-bond donors (Lipinski definition) is 2. The molecule has 2 rings (SSSR count). The number of carbonyl (C=O) groups excluding carboxylic acids is 1. The number of carbonyl (C=O) groups is 1. The highest BCUT2D eigenvalue weighted by molar-refractivity contribution is 14.1. The number of hydrogen-bond acceptors (Lipinski definition) is 3. The van der Waals surface area contributed by atoms with Crippen molar-refractivity contribution in [1.82, 2.24) is 10.0 Å². The maximum atomic E-state index is 12.1. The zero-order valence-corrected chi connectivity index (χ0v) is 16.0. The van der Waals surface area contributed by atoms with E-state index in [1.165, 1.54) is 31.4 Å². The molecule has 0 aliphatic heterocycles. The molecule has 0 atom stereocenters. The Labute approximate surface area is 151 Å². The second-order valence-electron chi connectivity index (χ2n) is 5.89. The Morgan fingerprint density at radius 3 is 2.22 bits per heavy atom. The summed E-state index contributed by atoms with van der Waals surface area (Å²) in [5.41, 5.74) is 0. The largest absolute Gasteiger partial charge is 0.352 e. The van der Waals surface area contributed by atoms with Crippen LogP contribution in [0.4, 0.5) is 0 Å². The Balaban J connectivity index is 1.84. The second-order valence-corrected chi connectivity index (χ2v) is 8.90. The number of nitrogens with one attached hydrogen (secondary N) is 2.